The summed E-state index contributed by atoms with van der Waals surface area (Å²) in [4.78, 5) is 14.3. The van der Waals surface area contributed by atoms with Crippen LogP contribution in [0.5, 0.6) is 5.75 Å². The van der Waals surface area contributed by atoms with Gasteiger partial charge in [0, 0.05) is 37.5 Å². The summed E-state index contributed by atoms with van der Waals surface area (Å²) < 4.78 is 33.3. The Labute approximate surface area is 139 Å². The van der Waals surface area contributed by atoms with Crippen molar-refractivity contribution in [3.8, 4) is 5.75 Å². The molecule has 0 saturated carbocycles. The summed E-state index contributed by atoms with van der Waals surface area (Å²) in [7, 11) is 1.81. The van der Waals surface area contributed by atoms with Crippen LogP contribution in [0.2, 0.25) is 0 Å². The molecule has 0 fully saturated rings. The lowest BCUT2D eigenvalue weighted by Crippen LogP contribution is -2.43. The minimum Gasteiger partial charge on any atom is -0.481 e. The summed E-state index contributed by atoms with van der Waals surface area (Å²) in [6.45, 7) is 5.79. The molecule has 24 heavy (non-hydrogen) atoms. The van der Waals surface area contributed by atoms with Gasteiger partial charge in [0.2, 0.25) is 0 Å². The third-order valence-electron chi connectivity index (χ3n) is 3.57. The molecule has 0 N–H and O–H groups in total. The fourth-order valence-electron chi connectivity index (χ4n) is 2.30. The van der Waals surface area contributed by atoms with Gasteiger partial charge in [-0.15, -0.1) is 0 Å². The Morgan fingerprint density at radius 3 is 2.54 bits per heavy atom. The highest BCUT2D eigenvalue weighted by atomic mass is 19.2. The summed E-state index contributed by atoms with van der Waals surface area (Å²) >= 11 is 0. The number of carbonyl (C=O) groups excluding carboxylic acids is 1. The molecule has 1 aromatic carbocycles. The van der Waals surface area contributed by atoms with Crippen LogP contribution in [-0.2, 0) is 18.4 Å². The molecule has 1 atom stereocenters. The van der Waals surface area contributed by atoms with Crippen LogP contribution in [0, 0.1) is 11.6 Å². The SMILES string of the molecule is CC(Oc1ccc(F)c(F)c1)C(=O)N(Cc1cnn(C)c1)C(C)C. The molecule has 0 saturated heterocycles. The molecule has 0 spiro atoms. The molecule has 1 heterocycles. The molecule has 0 aliphatic heterocycles. The third kappa shape index (κ3) is 4.31. The van der Waals surface area contributed by atoms with Crippen molar-refractivity contribution in [3.63, 3.8) is 0 Å². The fourth-order valence-corrected chi connectivity index (χ4v) is 2.30. The lowest BCUT2D eigenvalue weighted by atomic mass is 10.2. The number of amides is 1. The van der Waals surface area contributed by atoms with Crippen LogP contribution in [0.25, 0.3) is 0 Å². The van der Waals surface area contributed by atoms with Crippen LogP contribution in [0.15, 0.2) is 30.6 Å². The van der Waals surface area contributed by atoms with Gasteiger partial charge in [-0.3, -0.25) is 9.48 Å². The number of rotatable bonds is 6. The Bertz CT molecular complexity index is 716. The number of benzene rings is 1. The van der Waals surface area contributed by atoms with Crippen LogP contribution in [0.4, 0.5) is 8.78 Å². The van der Waals surface area contributed by atoms with Gasteiger partial charge in [0.15, 0.2) is 17.7 Å². The highest BCUT2D eigenvalue weighted by Gasteiger charge is 2.25. The van der Waals surface area contributed by atoms with Crippen molar-refractivity contribution in [2.24, 2.45) is 7.05 Å². The Hall–Kier alpha value is -2.44. The first kappa shape index (κ1) is 17.9. The maximum atomic E-state index is 13.2. The lowest BCUT2D eigenvalue weighted by Gasteiger charge is -2.29. The van der Waals surface area contributed by atoms with E-state index < -0.39 is 17.7 Å². The standard InChI is InChI=1S/C17H21F2N3O2/c1-11(2)22(10-13-8-20-21(4)9-13)17(23)12(3)24-14-5-6-15(18)16(19)7-14/h5-9,11-12H,10H2,1-4H3. The van der Waals surface area contributed by atoms with E-state index in [1.807, 2.05) is 20.0 Å². The van der Waals surface area contributed by atoms with E-state index in [1.54, 1.807) is 29.7 Å². The molecule has 0 aliphatic rings. The van der Waals surface area contributed by atoms with Crippen molar-refractivity contribution < 1.29 is 18.3 Å². The zero-order valence-electron chi connectivity index (χ0n) is 14.2. The zero-order chi connectivity index (χ0) is 17.9. The van der Waals surface area contributed by atoms with E-state index in [2.05, 4.69) is 5.10 Å². The topological polar surface area (TPSA) is 47.4 Å². The predicted octanol–water partition coefficient (Wildman–Crippen LogP) is 2.90. The molecule has 5 nitrogen and oxygen atoms in total. The van der Waals surface area contributed by atoms with Crippen LogP contribution >= 0.6 is 0 Å². The smallest absolute Gasteiger partial charge is 0.263 e. The van der Waals surface area contributed by atoms with Crippen molar-refractivity contribution in [2.45, 2.75) is 39.5 Å². The maximum absolute atomic E-state index is 13.2. The number of hydrogen-bond donors (Lipinski definition) is 0. The molecule has 2 aromatic rings. The van der Waals surface area contributed by atoms with E-state index in [4.69, 9.17) is 4.74 Å². The van der Waals surface area contributed by atoms with E-state index >= 15 is 0 Å². The van der Waals surface area contributed by atoms with E-state index in [-0.39, 0.29) is 17.7 Å². The Morgan fingerprint density at radius 1 is 1.29 bits per heavy atom. The van der Waals surface area contributed by atoms with E-state index in [9.17, 15) is 13.6 Å². The van der Waals surface area contributed by atoms with Crippen molar-refractivity contribution >= 4 is 5.91 Å². The first-order valence-electron chi connectivity index (χ1n) is 7.67. The third-order valence-corrected chi connectivity index (χ3v) is 3.57. The van der Waals surface area contributed by atoms with Gasteiger partial charge in [0.1, 0.15) is 5.75 Å². The molecule has 7 heteroatoms. The normalized spacial score (nSPS) is 12.3. The van der Waals surface area contributed by atoms with Crippen LogP contribution < -0.4 is 4.74 Å². The van der Waals surface area contributed by atoms with E-state index in [0.29, 0.717) is 6.54 Å². The number of carbonyl (C=O) groups is 1. The summed E-state index contributed by atoms with van der Waals surface area (Å²) in [6.07, 6.45) is 2.71. The first-order chi connectivity index (χ1) is 11.3. The second-order valence-corrected chi connectivity index (χ2v) is 5.92. The molecule has 1 aromatic heterocycles. The Morgan fingerprint density at radius 2 is 2.00 bits per heavy atom. The summed E-state index contributed by atoms with van der Waals surface area (Å²) in [5.41, 5.74) is 0.902. The van der Waals surface area contributed by atoms with Crippen LogP contribution in [0.1, 0.15) is 26.3 Å². The van der Waals surface area contributed by atoms with Crippen molar-refractivity contribution in [2.75, 3.05) is 0 Å². The number of aryl methyl sites for hydroxylation is 1. The van der Waals surface area contributed by atoms with E-state index in [0.717, 1.165) is 17.7 Å². The second-order valence-electron chi connectivity index (χ2n) is 5.92. The van der Waals surface area contributed by atoms with Crippen molar-refractivity contribution in [1.29, 1.82) is 0 Å². The van der Waals surface area contributed by atoms with Gasteiger partial charge < -0.3 is 9.64 Å². The molecule has 0 aliphatic carbocycles. The molecular formula is C17H21F2N3O2. The van der Waals surface area contributed by atoms with Crippen LogP contribution in [-0.4, -0.2) is 32.7 Å². The molecule has 130 valence electrons. The Kier molecular flexibility index (Phi) is 5.54. The average molecular weight is 337 g/mol. The summed E-state index contributed by atoms with van der Waals surface area (Å²) in [5.74, 6) is -2.09. The molecule has 1 amide bonds. The largest absolute Gasteiger partial charge is 0.481 e. The molecule has 0 radical (unpaired) electrons. The summed E-state index contributed by atoms with van der Waals surface area (Å²) in [6, 6.07) is 3.15. The number of aromatic nitrogens is 2. The van der Waals surface area contributed by atoms with E-state index in [1.165, 1.54) is 6.07 Å². The number of hydrogen-bond acceptors (Lipinski definition) is 3. The first-order valence-corrected chi connectivity index (χ1v) is 7.67. The van der Waals surface area contributed by atoms with Gasteiger partial charge in [-0.1, -0.05) is 0 Å². The number of nitrogens with zero attached hydrogens (tertiary/aromatic N) is 3. The average Bonchev–Trinajstić information content (AvgIpc) is 2.93. The van der Waals surface area contributed by atoms with Gasteiger partial charge >= 0.3 is 0 Å². The molecular weight excluding hydrogens is 316 g/mol. The van der Waals surface area contributed by atoms with Crippen LogP contribution in [0.3, 0.4) is 0 Å². The van der Waals surface area contributed by atoms with Crippen molar-refractivity contribution in [3.05, 3.63) is 47.8 Å². The monoisotopic (exact) mass is 337 g/mol. The highest BCUT2D eigenvalue weighted by Crippen LogP contribution is 2.18. The molecule has 1 unspecified atom stereocenters. The Balaban J connectivity index is 2.08. The summed E-state index contributed by atoms with van der Waals surface area (Å²) in [5, 5.41) is 4.09. The van der Waals surface area contributed by atoms with Gasteiger partial charge in [-0.05, 0) is 32.9 Å². The van der Waals surface area contributed by atoms with Gasteiger partial charge in [-0.2, -0.15) is 5.10 Å². The molecule has 2 rings (SSSR count). The quantitative estimate of drug-likeness (QED) is 0.814. The minimum atomic E-state index is -1.01. The fraction of sp³-hybridized carbons (Fsp3) is 0.412. The van der Waals surface area contributed by atoms with Gasteiger partial charge in [0.25, 0.3) is 5.91 Å². The van der Waals surface area contributed by atoms with Gasteiger partial charge in [0.05, 0.1) is 6.20 Å². The second kappa shape index (κ2) is 7.42. The zero-order valence-corrected chi connectivity index (χ0v) is 14.2. The maximum Gasteiger partial charge on any atom is 0.263 e. The number of halogens is 2. The number of ether oxygens (including phenoxy) is 1. The van der Waals surface area contributed by atoms with Gasteiger partial charge in [-0.25, -0.2) is 8.78 Å². The highest BCUT2D eigenvalue weighted by molar-refractivity contribution is 5.81. The molecule has 0 bridgehead atoms. The minimum absolute atomic E-state index is 0.0475. The predicted molar refractivity (Wildman–Crippen MR) is 85.3 cm³/mol. The lowest BCUT2D eigenvalue weighted by molar-refractivity contribution is -0.140. The van der Waals surface area contributed by atoms with Crippen molar-refractivity contribution in [1.82, 2.24) is 14.7 Å².